The molecule has 0 saturated carbocycles. The Balaban J connectivity index is 1.43. The minimum Gasteiger partial charge on any atom is -0.492 e. The third-order valence-electron chi connectivity index (χ3n) is 4.15. The van der Waals surface area contributed by atoms with Crippen LogP contribution in [0.5, 0.6) is 5.75 Å². The summed E-state index contributed by atoms with van der Waals surface area (Å²) >= 11 is 3.52. The Morgan fingerprint density at radius 3 is 2.52 bits per heavy atom. The number of hydrogen-bond acceptors (Lipinski definition) is 2. The first-order chi connectivity index (χ1) is 11.3. The molecule has 0 amide bonds. The first-order valence-electron chi connectivity index (χ1n) is 8.13. The zero-order valence-electron chi connectivity index (χ0n) is 13.2. The highest BCUT2D eigenvalue weighted by Gasteiger charge is 2.12. The predicted molar refractivity (Wildman–Crippen MR) is 98.7 cm³/mol. The molecule has 0 atom stereocenters. The smallest absolute Gasteiger partial charge is 0.133 e. The quantitative estimate of drug-likeness (QED) is 0.658. The van der Waals surface area contributed by atoms with Gasteiger partial charge in [0.1, 0.15) is 5.75 Å². The molecule has 1 heterocycles. The van der Waals surface area contributed by atoms with Crippen LogP contribution in [-0.4, -0.2) is 24.6 Å². The van der Waals surface area contributed by atoms with Crippen LogP contribution in [0.3, 0.4) is 0 Å². The maximum Gasteiger partial charge on any atom is 0.133 e. The lowest BCUT2D eigenvalue weighted by molar-refractivity contribution is 0.275. The molecule has 0 saturated heterocycles. The van der Waals surface area contributed by atoms with Crippen molar-refractivity contribution in [1.29, 1.82) is 0 Å². The Labute approximate surface area is 146 Å². The van der Waals surface area contributed by atoms with Crippen LogP contribution < -0.4 is 4.74 Å². The fraction of sp³-hybridized carbons (Fsp3) is 0.300. The summed E-state index contributed by atoms with van der Waals surface area (Å²) < 4.78 is 6.88. The monoisotopic (exact) mass is 371 g/mol. The van der Waals surface area contributed by atoms with Crippen molar-refractivity contribution in [2.45, 2.75) is 19.4 Å². The SMILES string of the molecule is Brc1ccccc1OCCC1=CCN(Cc2ccccc2)CC1. The standard InChI is InChI=1S/C20H22BrNO/c21-19-8-4-5-9-20(19)23-15-12-17-10-13-22(14-11-17)16-18-6-2-1-3-7-18/h1-10H,11-16H2. The molecule has 2 nitrogen and oxygen atoms in total. The van der Waals surface area contributed by atoms with Crippen LogP contribution >= 0.6 is 15.9 Å². The van der Waals surface area contributed by atoms with Gasteiger partial charge < -0.3 is 4.74 Å². The van der Waals surface area contributed by atoms with E-state index in [0.717, 1.165) is 49.3 Å². The molecule has 0 fully saturated rings. The van der Waals surface area contributed by atoms with Gasteiger partial charge in [0.2, 0.25) is 0 Å². The second-order valence-electron chi connectivity index (χ2n) is 5.86. The number of hydrogen-bond donors (Lipinski definition) is 0. The van der Waals surface area contributed by atoms with Gasteiger partial charge in [-0.25, -0.2) is 0 Å². The molecule has 2 aromatic carbocycles. The highest BCUT2D eigenvalue weighted by Crippen LogP contribution is 2.24. The number of para-hydroxylation sites is 1. The first-order valence-corrected chi connectivity index (χ1v) is 8.92. The number of ether oxygens (including phenoxy) is 1. The third-order valence-corrected chi connectivity index (χ3v) is 4.81. The zero-order chi connectivity index (χ0) is 15.9. The topological polar surface area (TPSA) is 12.5 Å². The highest BCUT2D eigenvalue weighted by molar-refractivity contribution is 9.10. The molecule has 3 rings (SSSR count). The van der Waals surface area contributed by atoms with Crippen LogP contribution in [0, 0.1) is 0 Å². The summed E-state index contributed by atoms with van der Waals surface area (Å²) in [5, 5.41) is 0. The zero-order valence-corrected chi connectivity index (χ0v) is 14.8. The second kappa shape index (κ2) is 8.32. The summed E-state index contributed by atoms with van der Waals surface area (Å²) in [4.78, 5) is 2.49. The van der Waals surface area contributed by atoms with Gasteiger partial charge in [0.05, 0.1) is 11.1 Å². The van der Waals surface area contributed by atoms with Crippen molar-refractivity contribution in [1.82, 2.24) is 4.90 Å². The largest absolute Gasteiger partial charge is 0.492 e. The Hall–Kier alpha value is -1.58. The Morgan fingerprint density at radius 1 is 1.00 bits per heavy atom. The van der Waals surface area contributed by atoms with E-state index in [1.807, 2.05) is 24.3 Å². The van der Waals surface area contributed by atoms with Crippen LogP contribution in [-0.2, 0) is 6.54 Å². The summed E-state index contributed by atoms with van der Waals surface area (Å²) in [6.07, 6.45) is 4.53. The maximum atomic E-state index is 5.86. The Bertz CT molecular complexity index is 654. The van der Waals surface area contributed by atoms with Crippen LogP contribution in [0.15, 0.2) is 70.7 Å². The molecular formula is C20H22BrNO. The molecule has 0 radical (unpaired) electrons. The molecule has 0 unspecified atom stereocenters. The van der Waals surface area contributed by atoms with Gasteiger partial charge in [0.25, 0.3) is 0 Å². The van der Waals surface area contributed by atoms with Crippen molar-refractivity contribution >= 4 is 15.9 Å². The van der Waals surface area contributed by atoms with E-state index in [2.05, 4.69) is 57.2 Å². The van der Waals surface area contributed by atoms with Crippen molar-refractivity contribution in [3.63, 3.8) is 0 Å². The maximum absolute atomic E-state index is 5.86. The fourth-order valence-corrected chi connectivity index (χ4v) is 3.22. The van der Waals surface area contributed by atoms with Crippen molar-refractivity contribution in [3.8, 4) is 5.75 Å². The average Bonchev–Trinajstić information content (AvgIpc) is 2.59. The van der Waals surface area contributed by atoms with Gasteiger partial charge in [0, 0.05) is 26.1 Å². The number of rotatable bonds is 6. The lowest BCUT2D eigenvalue weighted by atomic mass is 10.0. The number of benzene rings is 2. The fourth-order valence-electron chi connectivity index (χ4n) is 2.82. The minimum absolute atomic E-state index is 0.743. The number of nitrogens with zero attached hydrogens (tertiary/aromatic N) is 1. The van der Waals surface area contributed by atoms with E-state index in [4.69, 9.17) is 4.74 Å². The molecule has 23 heavy (non-hydrogen) atoms. The summed E-state index contributed by atoms with van der Waals surface area (Å²) in [6.45, 7) is 3.96. The van der Waals surface area contributed by atoms with Crippen LogP contribution in [0.2, 0.25) is 0 Å². The molecule has 0 bridgehead atoms. The summed E-state index contributed by atoms with van der Waals surface area (Å²) in [5.41, 5.74) is 2.91. The van der Waals surface area contributed by atoms with E-state index in [1.54, 1.807) is 0 Å². The highest BCUT2D eigenvalue weighted by atomic mass is 79.9. The Morgan fingerprint density at radius 2 is 1.78 bits per heavy atom. The molecule has 0 aliphatic carbocycles. The van der Waals surface area contributed by atoms with E-state index in [0.29, 0.717) is 0 Å². The van der Waals surface area contributed by atoms with E-state index in [9.17, 15) is 0 Å². The van der Waals surface area contributed by atoms with E-state index in [-0.39, 0.29) is 0 Å². The van der Waals surface area contributed by atoms with Gasteiger partial charge in [0.15, 0.2) is 0 Å². The minimum atomic E-state index is 0.743. The lowest BCUT2D eigenvalue weighted by Gasteiger charge is -2.26. The third kappa shape index (κ3) is 4.95. The van der Waals surface area contributed by atoms with Gasteiger partial charge in [-0.3, -0.25) is 4.90 Å². The van der Waals surface area contributed by atoms with Gasteiger partial charge in [-0.15, -0.1) is 0 Å². The van der Waals surface area contributed by atoms with Gasteiger partial charge in [-0.05, 0) is 40.0 Å². The molecule has 1 aliphatic rings. The first kappa shape index (κ1) is 16.3. The predicted octanol–water partition coefficient (Wildman–Crippen LogP) is 5.05. The molecule has 2 aromatic rings. The van der Waals surface area contributed by atoms with Gasteiger partial charge in [-0.1, -0.05) is 54.1 Å². The molecule has 120 valence electrons. The molecular weight excluding hydrogens is 350 g/mol. The second-order valence-corrected chi connectivity index (χ2v) is 6.72. The average molecular weight is 372 g/mol. The van der Waals surface area contributed by atoms with Crippen molar-refractivity contribution in [2.24, 2.45) is 0 Å². The lowest BCUT2D eigenvalue weighted by Crippen LogP contribution is -2.28. The van der Waals surface area contributed by atoms with Crippen LogP contribution in [0.4, 0.5) is 0 Å². The summed E-state index contributed by atoms with van der Waals surface area (Å²) in [5.74, 6) is 0.926. The van der Waals surface area contributed by atoms with E-state index in [1.165, 1.54) is 11.1 Å². The molecule has 3 heteroatoms. The molecule has 1 aliphatic heterocycles. The summed E-state index contributed by atoms with van der Waals surface area (Å²) in [7, 11) is 0. The summed E-state index contributed by atoms with van der Waals surface area (Å²) in [6, 6.07) is 18.7. The van der Waals surface area contributed by atoms with E-state index < -0.39 is 0 Å². The normalized spacial score (nSPS) is 15.3. The Kier molecular flexibility index (Phi) is 5.89. The number of halogens is 1. The van der Waals surface area contributed by atoms with Crippen LogP contribution in [0.25, 0.3) is 0 Å². The van der Waals surface area contributed by atoms with Crippen molar-refractivity contribution in [2.75, 3.05) is 19.7 Å². The van der Waals surface area contributed by atoms with Gasteiger partial charge >= 0.3 is 0 Å². The molecule has 0 spiro atoms. The van der Waals surface area contributed by atoms with Crippen molar-refractivity contribution < 1.29 is 4.74 Å². The van der Waals surface area contributed by atoms with Gasteiger partial charge in [-0.2, -0.15) is 0 Å². The van der Waals surface area contributed by atoms with Crippen molar-refractivity contribution in [3.05, 3.63) is 76.3 Å². The molecule has 0 aromatic heterocycles. The van der Waals surface area contributed by atoms with E-state index >= 15 is 0 Å². The molecule has 0 N–H and O–H groups in total. The van der Waals surface area contributed by atoms with Crippen LogP contribution in [0.1, 0.15) is 18.4 Å².